The number of nitriles is 1. The van der Waals surface area contributed by atoms with Crippen LogP contribution in [0.3, 0.4) is 0 Å². The van der Waals surface area contributed by atoms with E-state index < -0.39 is 28.9 Å². The van der Waals surface area contributed by atoms with Gasteiger partial charge in [0.05, 0.1) is 16.6 Å². The summed E-state index contributed by atoms with van der Waals surface area (Å²) in [6, 6.07) is 7.10. The van der Waals surface area contributed by atoms with Gasteiger partial charge in [0.15, 0.2) is 6.61 Å². The molecule has 1 saturated carbocycles. The van der Waals surface area contributed by atoms with Gasteiger partial charge in [-0.25, -0.2) is 4.79 Å². The van der Waals surface area contributed by atoms with Gasteiger partial charge in [0.25, 0.3) is 11.6 Å². The summed E-state index contributed by atoms with van der Waals surface area (Å²) < 4.78 is 4.83. The van der Waals surface area contributed by atoms with E-state index in [0.29, 0.717) is 0 Å². The molecule has 8 nitrogen and oxygen atoms in total. The van der Waals surface area contributed by atoms with Crippen LogP contribution in [0, 0.1) is 27.4 Å². The minimum Gasteiger partial charge on any atom is -0.452 e. The number of ether oxygens (including phenoxy) is 1. The summed E-state index contributed by atoms with van der Waals surface area (Å²) in [6.07, 6.45) is 1.75. The van der Waals surface area contributed by atoms with Crippen LogP contribution in [-0.4, -0.2) is 28.9 Å². The molecule has 0 saturated heterocycles. The van der Waals surface area contributed by atoms with Gasteiger partial charge < -0.3 is 10.1 Å². The number of nitrogens with one attached hydrogen (secondary N) is 1. The molecule has 0 aromatic heterocycles. The molecule has 1 aromatic rings. The quantitative estimate of drug-likeness (QED) is 0.482. The maximum absolute atomic E-state index is 11.8. The molecule has 1 aromatic carbocycles. The van der Waals surface area contributed by atoms with Crippen molar-refractivity contribution < 1.29 is 19.2 Å². The number of benzene rings is 1. The van der Waals surface area contributed by atoms with E-state index in [1.807, 2.05) is 0 Å². The Morgan fingerprint density at radius 3 is 2.78 bits per heavy atom. The van der Waals surface area contributed by atoms with Crippen LogP contribution in [0.2, 0.25) is 0 Å². The Bertz CT molecular complexity index is 693. The summed E-state index contributed by atoms with van der Waals surface area (Å²) in [4.78, 5) is 33.7. The van der Waals surface area contributed by atoms with Crippen molar-refractivity contribution in [2.75, 3.05) is 6.61 Å². The number of esters is 1. The highest BCUT2D eigenvalue weighted by atomic mass is 16.6. The Morgan fingerprint density at radius 2 is 2.22 bits per heavy atom. The largest absolute Gasteiger partial charge is 0.452 e. The first-order valence-electron chi connectivity index (χ1n) is 6.99. The SMILES string of the molecule is C[C@](C#N)(NC(=O)COC(=O)c1cccc([N+](=O)[O-])c1)C1CC1. The molecule has 0 unspecified atom stereocenters. The highest BCUT2D eigenvalue weighted by Gasteiger charge is 2.43. The normalized spacial score (nSPS) is 15.8. The molecule has 1 atom stereocenters. The molecule has 8 heteroatoms. The number of hydrogen-bond donors (Lipinski definition) is 1. The third kappa shape index (κ3) is 4.03. The summed E-state index contributed by atoms with van der Waals surface area (Å²) in [5.41, 5.74) is -1.22. The lowest BCUT2D eigenvalue weighted by molar-refractivity contribution is -0.384. The average Bonchev–Trinajstić information content (AvgIpc) is 3.37. The Kier molecular flexibility index (Phi) is 4.60. The molecule has 23 heavy (non-hydrogen) atoms. The first-order valence-corrected chi connectivity index (χ1v) is 6.99. The Hall–Kier alpha value is -2.95. The lowest BCUT2D eigenvalue weighted by atomic mass is 9.98. The van der Waals surface area contributed by atoms with Gasteiger partial charge in [-0.2, -0.15) is 5.26 Å². The van der Waals surface area contributed by atoms with Gasteiger partial charge in [0, 0.05) is 12.1 Å². The molecule has 0 aliphatic heterocycles. The summed E-state index contributed by atoms with van der Waals surface area (Å²) in [6.45, 7) is 1.08. The first-order chi connectivity index (χ1) is 10.9. The van der Waals surface area contributed by atoms with Gasteiger partial charge in [0.2, 0.25) is 0 Å². The molecular formula is C15H15N3O5. The third-order valence-corrected chi connectivity index (χ3v) is 3.65. The number of rotatable bonds is 6. The monoisotopic (exact) mass is 317 g/mol. The predicted molar refractivity (Wildman–Crippen MR) is 78.3 cm³/mol. The van der Waals surface area contributed by atoms with Gasteiger partial charge in [-0.1, -0.05) is 6.07 Å². The van der Waals surface area contributed by atoms with Crippen LogP contribution in [0.15, 0.2) is 24.3 Å². The molecule has 1 fully saturated rings. The zero-order valence-corrected chi connectivity index (χ0v) is 12.4. The van der Waals surface area contributed by atoms with Crippen LogP contribution in [0.5, 0.6) is 0 Å². The molecule has 1 aliphatic rings. The van der Waals surface area contributed by atoms with Crippen molar-refractivity contribution in [1.29, 1.82) is 5.26 Å². The zero-order valence-electron chi connectivity index (χ0n) is 12.4. The lowest BCUT2D eigenvalue weighted by Gasteiger charge is -2.22. The van der Waals surface area contributed by atoms with E-state index in [1.54, 1.807) is 6.92 Å². The van der Waals surface area contributed by atoms with Gasteiger partial charge in [-0.15, -0.1) is 0 Å². The van der Waals surface area contributed by atoms with Crippen molar-refractivity contribution >= 4 is 17.6 Å². The molecule has 0 bridgehead atoms. The molecule has 2 rings (SSSR count). The molecular weight excluding hydrogens is 302 g/mol. The van der Waals surface area contributed by atoms with Crippen molar-refractivity contribution in [3.8, 4) is 6.07 Å². The molecule has 1 aliphatic carbocycles. The number of nitrogens with zero attached hydrogens (tertiary/aromatic N) is 2. The fraction of sp³-hybridized carbons (Fsp3) is 0.400. The van der Waals surface area contributed by atoms with E-state index in [1.165, 1.54) is 18.2 Å². The summed E-state index contributed by atoms with van der Waals surface area (Å²) in [5.74, 6) is -1.31. The topological polar surface area (TPSA) is 122 Å². The van der Waals surface area contributed by atoms with Crippen LogP contribution < -0.4 is 5.32 Å². The van der Waals surface area contributed by atoms with Crippen molar-refractivity contribution in [2.24, 2.45) is 5.92 Å². The second-order valence-corrected chi connectivity index (χ2v) is 5.52. The molecule has 120 valence electrons. The van der Waals surface area contributed by atoms with Gasteiger partial charge in [-0.05, 0) is 31.7 Å². The number of non-ortho nitro benzene ring substituents is 1. The minimum atomic E-state index is -0.963. The Labute approximate surface area is 132 Å². The minimum absolute atomic E-state index is 0.0164. The van der Waals surface area contributed by atoms with Crippen molar-refractivity contribution in [1.82, 2.24) is 5.32 Å². The van der Waals surface area contributed by atoms with Crippen molar-refractivity contribution in [3.05, 3.63) is 39.9 Å². The van der Waals surface area contributed by atoms with E-state index in [-0.39, 0.29) is 17.2 Å². The average molecular weight is 317 g/mol. The fourth-order valence-corrected chi connectivity index (χ4v) is 2.17. The number of nitro benzene ring substituents is 1. The lowest BCUT2D eigenvalue weighted by Crippen LogP contribution is -2.48. The maximum Gasteiger partial charge on any atom is 0.338 e. The maximum atomic E-state index is 11.8. The van der Waals surface area contributed by atoms with E-state index in [2.05, 4.69) is 11.4 Å². The van der Waals surface area contributed by atoms with Crippen molar-refractivity contribution in [3.63, 3.8) is 0 Å². The van der Waals surface area contributed by atoms with E-state index >= 15 is 0 Å². The van der Waals surface area contributed by atoms with E-state index in [0.717, 1.165) is 18.9 Å². The molecule has 1 N–H and O–H groups in total. The predicted octanol–water partition coefficient (Wildman–Crippen LogP) is 1.56. The number of carbonyl (C=O) groups excluding carboxylic acids is 2. The van der Waals surface area contributed by atoms with Gasteiger partial charge >= 0.3 is 5.97 Å². The van der Waals surface area contributed by atoms with Crippen LogP contribution in [0.4, 0.5) is 5.69 Å². The van der Waals surface area contributed by atoms with Crippen LogP contribution in [-0.2, 0) is 9.53 Å². The highest BCUT2D eigenvalue weighted by molar-refractivity contribution is 5.92. The second kappa shape index (κ2) is 6.44. The Balaban J connectivity index is 1.91. The molecule has 0 spiro atoms. The molecule has 0 radical (unpaired) electrons. The highest BCUT2D eigenvalue weighted by Crippen LogP contribution is 2.39. The third-order valence-electron chi connectivity index (χ3n) is 3.65. The molecule has 0 heterocycles. The van der Waals surface area contributed by atoms with Crippen LogP contribution in [0.1, 0.15) is 30.1 Å². The standard InChI is InChI=1S/C15H15N3O5/c1-15(9-16,11-5-6-11)17-13(19)8-23-14(20)10-3-2-4-12(7-10)18(21)22/h2-4,7,11H,5-6,8H2,1H3,(H,17,19)/t15-/m1/s1. The van der Waals surface area contributed by atoms with Gasteiger partial charge in [-0.3, -0.25) is 14.9 Å². The second-order valence-electron chi connectivity index (χ2n) is 5.52. The zero-order chi connectivity index (χ0) is 17.0. The summed E-state index contributed by atoms with van der Waals surface area (Å²) in [7, 11) is 0. The fourth-order valence-electron chi connectivity index (χ4n) is 2.17. The van der Waals surface area contributed by atoms with E-state index in [4.69, 9.17) is 10.00 Å². The van der Waals surface area contributed by atoms with Crippen molar-refractivity contribution in [2.45, 2.75) is 25.3 Å². The summed E-state index contributed by atoms with van der Waals surface area (Å²) >= 11 is 0. The van der Waals surface area contributed by atoms with Crippen LogP contribution >= 0.6 is 0 Å². The van der Waals surface area contributed by atoms with Gasteiger partial charge in [0.1, 0.15) is 5.54 Å². The Morgan fingerprint density at radius 1 is 1.52 bits per heavy atom. The smallest absolute Gasteiger partial charge is 0.338 e. The first kappa shape index (κ1) is 16.4. The summed E-state index contributed by atoms with van der Waals surface area (Å²) in [5, 5.41) is 22.4. The number of hydrogen-bond acceptors (Lipinski definition) is 6. The van der Waals surface area contributed by atoms with E-state index in [9.17, 15) is 19.7 Å². The number of amides is 1. The van der Waals surface area contributed by atoms with Crippen LogP contribution in [0.25, 0.3) is 0 Å². The number of carbonyl (C=O) groups is 2. The molecule has 1 amide bonds. The number of nitro groups is 1.